The average Bonchev–Trinajstić information content (AvgIpc) is 3.27. The number of carbonyl (C=O) groups excluding carboxylic acids is 1. The number of hydrogen-bond donors (Lipinski definition) is 1. The van der Waals surface area contributed by atoms with Crippen LogP contribution >= 0.6 is 0 Å². The molecule has 3 fully saturated rings. The predicted molar refractivity (Wildman–Crippen MR) is 104 cm³/mol. The number of nitrogens with one attached hydrogen (secondary N) is 1. The Labute approximate surface area is 160 Å². The van der Waals surface area contributed by atoms with E-state index < -0.39 is 0 Å². The van der Waals surface area contributed by atoms with Crippen molar-refractivity contribution in [2.75, 3.05) is 5.32 Å². The van der Waals surface area contributed by atoms with Crippen LogP contribution in [0.25, 0.3) is 0 Å². The predicted octanol–water partition coefficient (Wildman–Crippen LogP) is 4.50. The Morgan fingerprint density at radius 2 is 1.89 bits per heavy atom. The van der Waals surface area contributed by atoms with E-state index in [2.05, 4.69) is 27.5 Å². The van der Waals surface area contributed by atoms with Crippen molar-refractivity contribution < 1.29 is 9.32 Å². The van der Waals surface area contributed by atoms with Crippen molar-refractivity contribution in [2.24, 2.45) is 0 Å². The lowest BCUT2D eigenvalue weighted by atomic mass is 9.84. The van der Waals surface area contributed by atoms with Gasteiger partial charge in [0.25, 0.3) is 5.91 Å². The average molecular weight is 365 g/mol. The number of aromatic nitrogens is 1. The van der Waals surface area contributed by atoms with E-state index in [1.807, 2.05) is 19.1 Å². The fraction of sp³-hybridized carbons (Fsp3) is 0.545. The van der Waals surface area contributed by atoms with E-state index >= 15 is 0 Å². The summed E-state index contributed by atoms with van der Waals surface area (Å²) in [5.74, 6) is 1.60. The molecular formula is C22H27N3O2. The lowest BCUT2D eigenvalue weighted by Crippen LogP contribution is -2.51. The summed E-state index contributed by atoms with van der Waals surface area (Å²) in [6.45, 7) is 1.81. The Bertz CT molecular complexity index is 824. The van der Waals surface area contributed by atoms with E-state index in [4.69, 9.17) is 4.52 Å². The molecule has 2 atom stereocenters. The van der Waals surface area contributed by atoms with Crippen molar-refractivity contribution in [3.05, 3.63) is 47.2 Å². The van der Waals surface area contributed by atoms with Crippen molar-refractivity contribution in [1.82, 2.24) is 10.1 Å². The van der Waals surface area contributed by atoms with Gasteiger partial charge in [-0.1, -0.05) is 30.1 Å². The number of rotatable bonds is 6. The minimum atomic E-state index is -0.128. The van der Waals surface area contributed by atoms with Crippen LogP contribution in [0, 0.1) is 6.92 Å². The number of amides is 1. The van der Waals surface area contributed by atoms with Gasteiger partial charge in [0.15, 0.2) is 5.82 Å². The number of hydrogen-bond acceptors (Lipinski definition) is 4. The van der Waals surface area contributed by atoms with Gasteiger partial charge in [-0.3, -0.25) is 9.69 Å². The number of aryl methyl sites for hydroxylation is 1. The maximum absolute atomic E-state index is 12.6. The minimum absolute atomic E-state index is 0.128. The first kappa shape index (κ1) is 17.0. The van der Waals surface area contributed by atoms with Gasteiger partial charge in [0.1, 0.15) is 5.76 Å². The fourth-order valence-corrected chi connectivity index (χ4v) is 4.60. The molecule has 27 heavy (non-hydrogen) atoms. The Morgan fingerprint density at radius 1 is 1.15 bits per heavy atom. The second-order valence-corrected chi connectivity index (χ2v) is 8.43. The molecule has 1 N–H and O–H groups in total. The molecular weight excluding hydrogens is 338 g/mol. The zero-order valence-electron chi connectivity index (χ0n) is 15.9. The van der Waals surface area contributed by atoms with Crippen LogP contribution in [0.4, 0.5) is 5.82 Å². The summed E-state index contributed by atoms with van der Waals surface area (Å²) < 4.78 is 5.02. The smallest absolute Gasteiger partial charge is 0.256 e. The Kier molecular flexibility index (Phi) is 4.27. The number of carbonyl (C=O) groups is 1. The van der Waals surface area contributed by atoms with E-state index in [0.717, 1.165) is 12.1 Å². The van der Waals surface area contributed by atoms with Crippen LogP contribution in [0.1, 0.15) is 72.5 Å². The third kappa shape index (κ3) is 3.29. The molecule has 1 heterocycles. The molecule has 0 saturated heterocycles. The third-order valence-electron chi connectivity index (χ3n) is 6.58. The first-order valence-corrected chi connectivity index (χ1v) is 10.3. The highest BCUT2D eigenvalue weighted by Gasteiger charge is 2.49. The van der Waals surface area contributed by atoms with E-state index in [1.165, 1.54) is 50.5 Å². The molecule has 0 bridgehead atoms. The fourth-order valence-electron chi connectivity index (χ4n) is 4.60. The maximum atomic E-state index is 12.6. The van der Waals surface area contributed by atoms with E-state index in [1.54, 1.807) is 6.07 Å². The van der Waals surface area contributed by atoms with Crippen LogP contribution in [-0.4, -0.2) is 34.1 Å². The Morgan fingerprint density at radius 3 is 2.48 bits per heavy atom. The molecule has 1 aromatic carbocycles. The molecule has 5 nitrogen and oxygen atoms in total. The van der Waals surface area contributed by atoms with Crippen LogP contribution in [0.15, 0.2) is 34.9 Å². The molecule has 1 amide bonds. The van der Waals surface area contributed by atoms with Crippen LogP contribution < -0.4 is 5.32 Å². The van der Waals surface area contributed by atoms with Crippen LogP contribution in [-0.2, 0) is 0 Å². The third-order valence-corrected chi connectivity index (χ3v) is 6.58. The molecule has 5 rings (SSSR count). The first-order valence-electron chi connectivity index (χ1n) is 10.3. The molecule has 5 heteroatoms. The molecule has 0 radical (unpaired) electrons. The second kappa shape index (κ2) is 6.79. The molecule has 1 aromatic heterocycles. The van der Waals surface area contributed by atoms with E-state index in [-0.39, 0.29) is 5.91 Å². The van der Waals surface area contributed by atoms with Gasteiger partial charge in [0.05, 0.1) is 0 Å². The molecule has 2 aromatic rings. The highest BCUT2D eigenvalue weighted by molar-refractivity contribution is 6.03. The van der Waals surface area contributed by atoms with Gasteiger partial charge in [-0.2, -0.15) is 0 Å². The molecule has 3 saturated carbocycles. The van der Waals surface area contributed by atoms with Gasteiger partial charge in [-0.15, -0.1) is 0 Å². The number of benzene rings is 1. The summed E-state index contributed by atoms with van der Waals surface area (Å²) >= 11 is 0. The Hall–Kier alpha value is -2.14. The standard InChI is InChI=1S/C22H27N3O2/c1-14-11-21(24-27-14)23-22(26)16-6-2-5-15(12-16)19-13-20(19)25(17-7-3-8-17)18-9-4-10-18/h2,5-6,11-12,17-20H,3-4,7-10,13H2,1H3,(H,23,24,26)/t19-,20+/m0/s1. The van der Waals surface area contributed by atoms with Gasteiger partial charge < -0.3 is 9.84 Å². The minimum Gasteiger partial charge on any atom is -0.360 e. The second-order valence-electron chi connectivity index (χ2n) is 8.43. The summed E-state index contributed by atoms with van der Waals surface area (Å²) in [5.41, 5.74) is 1.99. The van der Waals surface area contributed by atoms with Crippen LogP contribution in [0.5, 0.6) is 0 Å². The van der Waals surface area contributed by atoms with Crippen LogP contribution in [0.2, 0.25) is 0 Å². The number of anilines is 1. The van der Waals surface area contributed by atoms with Crippen molar-refractivity contribution in [3.63, 3.8) is 0 Å². The van der Waals surface area contributed by atoms with Gasteiger partial charge >= 0.3 is 0 Å². The summed E-state index contributed by atoms with van der Waals surface area (Å²) in [6, 6.07) is 12.2. The quantitative estimate of drug-likeness (QED) is 0.819. The lowest BCUT2D eigenvalue weighted by Gasteiger charge is -2.47. The normalized spacial score (nSPS) is 25.1. The zero-order chi connectivity index (χ0) is 18.4. The van der Waals surface area contributed by atoms with Gasteiger partial charge in [0.2, 0.25) is 0 Å². The highest BCUT2D eigenvalue weighted by Crippen LogP contribution is 2.50. The summed E-state index contributed by atoms with van der Waals surface area (Å²) in [7, 11) is 0. The topological polar surface area (TPSA) is 58.4 Å². The lowest BCUT2D eigenvalue weighted by molar-refractivity contribution is 0.0311. The molecule has 0 aliphatic heterocycles. The zero-order valence-corrected chi connectivity index (χ0v) is 15.9. The van der Waals surface area contributed by atoms with E-state index in [9.17, 15) is 4.79 Å². The largest absolute Gasteiger partial charge is 0.360 e. The Balaban J connectivity index is 1.28. The molecule has 142 valence electrons. The maximum Gasteiger partial charge on any atom is 0.256 e. The van der Waals surface area contributed by atoms with Crippen LogP contribution in [0.3, 0.4) is 0 Å². The molecule has 0 spiro atoms. The van der Waals surface area contributed by atoms with Gasteiger partial charge in [-0.25, -0.2) is 0 Å². The van der Waals surface area contributed by atoms with Crippen molar-refractivity contribution in [1.29, 1.82) is 0 Å². The highest BCUT2D eigenvalue weighted by atomic mass is 16.5. The SMILES string of the molecule is Cc1cc(NC(=O)c2cccc([C@@H]3C[C@H]3N(C3CCC3)C3CCC3)c2)no1. The summed E-state index contributed by atoms with van der Waals surface area (Å²) in [6.07, 6.45) is 9.52. The van der Waals surface area contributed by atoms with Crippen molar-refractivity contribution >= 4 is 11.7 Å². The first-order chi connectivity index (χ1) is 13.2. The van der Waals surface area contributed by atoms with Crippen molar-refractivity contribution in [2.45, 2.75) is 75.9 Å². The molecule has 0 unspecified atom stereocenters. The monoisotopic (exact) mass is 365 g/mol. The summed E-state index contributed by atoms with van der Waals surface area (Å²) in [5, 5.41) is 6.66. The molecule has 3 aliphatic carbocycles. The van der Waals surface area contributed by atoms with Gasteiger partial charge in [0, 0.05) is 35.7 Å². The van der Waals surface area contributed by atoms with E-state index in [0.29, 0.717) is 29.1 Å². The number of nitrogens with zero attached hydrogens (tertiary/aromatic N) is 2. The molecule has 3 aliphatic rings. The van der Waals surface area contributed by atoms with Crippen molar-refractivity contribution in [3.8, 4) is 0 Å². The van der Waals surface area contributed by atoms with Gasteiger partial charge in [-0.05, 0) is 56.7 Å². The summed E-state index contributed by atoms with van der Waals surface area (Å²) in [4.78, 5) is 15.4.